The number of aromatic nitrogens is 6. The van der Waals surface area contributed by atoms with Crippen molar-refractivity contribution in [2.75, 3.05) is 0 Å². The molecule has 0 aliphatic heterocycles. The Bertz CT molecular complexity index is 1320. The molecule has 7 nitrogen and oxygen atoms in total. The maximum absolute atomic E-state index is 10.1. The molecular weight excluding hydrogens is 340 g/mol. The van der Waals surface area contributed by atoms with Crippen molar-refractivity contribution >= 4 is 16.7 Å². The molecule has 3 aromatic heterocycles. The minimum absolute atomic E-state index is 0.151. The van der Waals surface area contributed by atoms with Gasteiger partial charge in [-0.25, -0.2) is 9.67 Å². The van der Waals surface area contributed by atoms with Gasteiger partial charge in [0, 0.05) is 0 Å². The van der Waals surface area contributed by atoms with Crippen molar-refractivity contribution in [3.63, 3.8) is 0 Å². The Morgan fingerprint density at radius 2 is 1.81 bits per heavy atom. The minimum atomic E-state index is 0.151. The van der Waals surface area contributed by atoms with Crippen molar-refractivity contribution in [3.8, 4) is 22.8 Å². The third kappa shape index (κ3) is 2.28. The van der Waals surface area contributed by atoms with E-state index >= 15 is 0 Å². The third-order valence-electron chi connectivity index (χ3n) is 4.70. The Hall–Kier alpha value is -3.74. The fourth-order valence-electron chi connectivity index (χ4n) is 3.39. The van der Waals surface area contributed by atoms with Gasteiger partial charge in [0.1, 0.15) is 12.1 Å². The SMILES string of the molecule is Cc1ccc(-n2ncc3c2ncn2c(-c4ccccc4O)nnc32)c(C)c1. The summed E-state index contributed by atoms with van der Waals surface area (Å²) >= 11 is 0. The molecule has 0 bridgehead atoms. The molecule has 132 valence electrons. The van der Waals surface area contributed by atoms with Crippen LogP contribution in [0.3, 0.4) is 0 Å². The number of phenols is 1. The molecule has 2 aromatic carbocycles. The molecule has 1 N–H and O–H groups in total. The quantitative estimate of drug-likeness (QED) is 0.524. The highest BCUT2D eigenvalue weighted by Crippen LogP contribution is 2.29. The zero-order valence-corrected chi connectivity index (χ0v) is 14.8. The van der Waals surface area contributed by atoms with Gasteiger partial charge in [0.2, 0.25) is 0 Å². The van der Waals surface area contributed by atoms with E-state index in [-0.39, 0.29) is 5.75 Å². The Kier molecular flexibility index (Phi) is 3.24. The van der Waals surface area contributed by atoms with Crippen molar-refractivity contribution in [1.82, 2.24) is 29.4 Å². The average Bonchev–Trinajstić information content (AvgIpc) is 3.26. The number of nitrogens with zero attached hydrogens (tertiary/aromatic N) is 6. The normalized spacial score (nSPS) is 11.5. The highest BCUT2D eigenvalue weighted by Gasteiger charge is 2.17. The van der Waals surface area contributed by atoms with Crippen LogP contribution in [0.2, 0.25) is 0 Å². The van der Waals surface area contributed by atoms with Crippen molar-refractivity contribution in [1.29, 1.82) is 0 Å². The second-order valence-electron chi connectivity index (χ2n) is 6.56. The lowest BCUT2D eigenvalue weighted by molar-refractivity contribution is 0.477. The Labute approximate surface area is 154 Å². The van der Waals surface area contributed by atoms with Gasteiger partial charge in [0.15, 0.2) is 17.1 Å². The number of aryl methyl sites for hydroxylation is 2. The molecule has 0 saturated heterocycles. The van der Waals surface area contributed by atoms with Crippen LogP contribution in [0.15, 0.2) is 55.0 Å². The molecule has 3 heterocycles. The van der Waals surface area contributed by atoms with E-state index in [0.717, 1.165) is 16.6 Å². The lowest BCUT2D eigenvalue weighted by atomic mass is 10.1. The Morgan fingerprint density at radius 3 is 2.63 bits per heavy atom. The molecule has 5 aromatic rings. The van der Waals surface area contributed by atoms with E-state index < -0.39 is 0 Å². The first-order valence-electron chi connectivity index (χ1n) is 8.57. The predicted molar refractivity (Wildman–Crippen MR) is 102 cm³/mol. The summed E-state index contributed by atoms with van der Waals surface area (Å²) < 4.78 is 3.59. The van der Waals surface area contributed by atoms with E-state index in [0.29, 0.717) is 22.7 Å². The Morgan fingerprint density at radius 1 is 0.963 bits per heavy atom. The standard InChI is InChI=1S/C20H16N6O/c1-12-7-8-16(13(2)9-12)26-18-15(10-22-26)20-24-23-19(25(20)11-21-18)14-5-3-4-6-17(14)27/h3-11,27H,1-2H3. The number of hydrogen-bond donors (Lipinski definition) is 1. The van der Waals surface area contributed by atoms with Crippen molar-refractivity contribution < 1.29 is 5.11 Å². The first kappa shape index (κ1) is 15.5. The van der Waals surface area contributed by atoms with Crippen LogP contribution >= 0.6 is 0 Å². The van der Waals surface area contributed by atoms with Gasteiger partial charge >= 0.3 is 0 Å². The number of phenolic OH excluding ortho intramolecular Hbond substituents is 1. The molecule has 0 amide bonds. The van der Waals surface area contributed by atoms with Gasteiger partial charge in [-0.1, -0.05) is 29.8 Å². The fourth-order valence-corrected chi connectivity index (χ4v) is 3.39. The van der Waals surface area contributed by atoms with Crippen LogP contribution in [0, 0.1) is 13.8 Å². The molecular formula is C20H16N6O. The van der Waals surface area contributed by atoms with E-state index in [1.807, 2.05) is 16.8 Å². The van der Waals surface area contributed by atoms with E-state index in [2.05, 4.69) is 46.3 Å². The topological polar surface area (TPSA) is 81.1 Å². The highest BCUT2D eigenvalue weighted by molar-refractivity contribution is 5.90. The van der Waals surface area contributed by atoms with E-state index in [4.69, 9.17) is 0 Å². The van der Waals surface area contributed by atoms with Crippen molar-refractivity contribution in [2.45, 2.75) is 13.8 Å². The predicted octanol–water partition coefficient (Wildman–Crippen LogP) is 3.45. The molecule has 7 heteroatoms. The number of benzene rings is 2. The largest absolute Gasteiger partial charge is 0.507 e. The minimum Gasteiger partial charge on any atom is -0.507 e. The highest BCUT2D eigenvalue weighted by atomic mass is 16.3. The number of rotatable bonds is 2. The molecule has 0 saturated carbocycles. The molecule has 0 aliphatic carbocycles. The molecule has 27 heavy (non-hydrogen) atoms. The van der Waals surface area contributed by atoms with Crippen molar-refractivity contribution in [3.05, 3.63) is 66.1 Å². The monoisotopic (exact) mass is 356 g/mol. The van der Waals surface area contributed by atoms with Crippen LogP contribution in [0.4, 0.5) is 0 Å². The van der Waals surface area contributed by atoms with Crippen LogP contribution < -0.4 is 0 Å². The van der Waals surface area contributed by atoms with Gasteiger partial charge < -0.3 is 5.11 Å². The van der Waals surface area contributed by atoms with Crippen molar-refractivity contribution in [2.24, 2.45) is 0 Å². The van der Waals surface area contributed by atoms with Gasteiger partial charge in [-0.05, 0) is 37.6 Å². The summed E-state index contributed by atoms with van der Waals surface area (Å²) in [7, 11) is 0. The van der Waals surface area contributed by atoms with Gasteiger partial charge in [0.05, 0.1) is 22.8 Å². The summed E-state index contributed by atoms with van der Waals surface area (Å²) in [4.78, 5) is 4.60. The summed E-state index contributed by atoms with van der Waals surface area (Å²) in [6.45, 7) is 4.12. The molecule has 0 unspecified atom stereocenters. The van der Waals surface area contributed by atoms with Crippen LogP contribution in [-0.2, 0) is 0 Å². The molecule has 5 rings (SSSR count). The second kappa shape index (κ2) is 5.63. The molecule has 0 fully saturated rings. The Balaban J connectivity index is 1.74. The maximum Gasteiger partial charge on any atom is 0.175 e. The van der Waals surface area contributed by atoms with Crippen LogP contribution in [0.5, 0.6) is 5.75 Å². The van der Waals surface area contributed by atoms with Crippen LogP contribution in [0.1, 0.15) is 11.1 Å². The molecule has 0 spiro atoms. The van der Waals surface area contributed by atoms with Gasteiger partial charge in [-0.3, -0.25) is 4.40 Å². The maximum atomic E-state index is 10.1. The average molecular weight is 356 g/mol. The zero-order valence-electron chi connectivity index (χ0n) is 14.8. The number of fused-ring (bicyclic) bond motifs is 3. The third-order valence-corrected chi connectivity index (χ3v) is 4.70. The first-order valence-corrected chi connectivity index (χ1v) is 8.57. The van der Waals surface area contributed by atoms with Gasteiger partial charge in [-0.2, -0.15) is 5.10 Å². The second-order valence-corrected chi connectivity index (χ2v) is 6.56. The number of para-hydroxylation sites is 1. The number of aromatic hydroxyl groups is 1. The first-order chi connectivity index (χ1) is 13.1. The van der Waals surface area contributed by atoms with E-state index in [1.54, 1.807) is 35.1 Å². The van der Waals surface area contributed by atoms with Crippen LogP contribution in [0.25, 0.3) is 33.8 Å². The van der Waals surface area contributed by atoms with Gasteiger partial charge in [0.25, 0.3) is 0 Å². The molecule has 0 atom stereocenters. The van der Waals surface area contributed by atoms with E-state index in [9.17, 15) is 5.11 Å². The van der Waals surface area contributed by atoms with Gasteiger partial charge in [-0.15, -0.1) is 10.2 Å². The summed E-state index contributed by atoms with van der Waals surface area (Å²) in [6, 6.07) is 13.3. The molecule has 0 radical (unpaired) electrons. The zero-order chi connectivity index (χ0) is 18.5. The van der Waals surface area contributed by atoms with Crippen LogP contribution in [-0.4, -0.2) is 34.5 Å². The molecule has 0 aliphatic rings. The smallest absolute Gasteiger partial charge is 0.175 e. The number of hydrogen-bond acceptors (Lipinski definition) is 5. The summed E-state index contributed by atoms with van der Waals surface area (Å²) in [5.74, 6) is 0.689. The fraction of sp³-hybridized carbons (Fsp3) is 0.100. The lowest BCUT2D eigenvalue weighted by Gasteiger charge is -2.08. The summed E-state index contributed by atoms with van der Waals surface area (Å²) in [6.07, 6.45) is 3.42. The van der Waals surface area contributed by atoms with E-state index in [1.165, 1.54) is 5.56 Å². The lowest BCUT2D eigenvalue weighted by Crippen LogP contribution is -2.01. The summed E-state index contributed by atoms with van der Waals surface area (Å²) in [5.41, 5.74) is 5.27. The summed E-state index contributed by atoms with van der Waals surface area (Å²) in [5, 5.41) is 24.0.